The molecule has 1 saturated heterocycles. The molecule has 4 bridgehead atoms. The Morgan fingerprint density at radius 3 is 2.46 bits per heavy atom. The summed E-state index contributed by atoms with van der Waals surface area (Å²) in [6, 6.07) is 10.0. The van der Waals surface area contributed by atoms with Crippen LogP contribution in [-0.4, -0.2) is 61.0 Å². The maximum absolute atomic E-state index is 13.6. The van der Waals surface area contributed by atoms with Gasteiger partial charge in [0.15, 0.2) is 0 Å². The molecule has 35 heavy (non-hydrogen) atoms. The number of nitrogens with zero attached hydrogens (tertiary/aromatic N) is 2. The summed E-state index contributed by atoms with van der Waals surface area (Å²) < 4.78 is 17.1. The Hall–Kier alpha value is -2.03. The zero-order valence-electron chi connectivity index (χ0n) is 20.2. The molecule has 4 saturated carbocycles. The number of aromatic nitrogens is 1. The van der Waals surface area contributed by atoms with Gasteiger partial charge in [0.25, 0.3) is 11.8 Å². The molecule has 1 aliphatic heterocycles. The Morgan fingerprint density at radius 1 is 1.09 bits per heavy atom. The van der Waals surface area contributed by atoms with Gasteiger partial charge >= 0.3 is 0 Å². The first kappa shape index (κ1) is 23.4. The average molecular weight is 498 g/mol. The van der Waals surface area contributed by atoms with E-state index in [1.807, 2.05) is 30.3 Å². The van der Waals surface area contributed by atoms with Gasteiger partial charge in [-0.1, -0.05) is 30.0 Å². The number of morpholine rings is 1. The second kappa shape index (κ2) is 10.1. The molecule has 0 radical (unpaired) electrons. The van der Waals surface area contributed by atoms with Gasteiger partial charge in [-0.2, -0.15) is 0 Å². The van der Waals surface area contributed by atoms with Gasteiger partial charge < -0.3 is 19.3 Å². The van der Waals surface area contributed by atoms with Gasteiger partial charge in [0.2, 0.25) is 5.76 Å². The first-order valence-electron chi connectivity index (χ1n) is 13.1. The topological polar surface area (TPSA) is 76.8 Å². The van der Waals surface area contributed by atoms with Gasteiger partial charge in [-0.3, -0.25) is 9.69 Å². The van der Waals surface area contributed by atoms with Crippen LogP contribution in [0.5, 0.6) is 5.88 Å². The molecule has 5 aliphatic rings. The van der Waals surface area contributed by atoms with Crippen LogP contribution in [0.2, 0.25) is 0 Å². The molecule has 2 aromatic rings. The van der Waals surface area contributed by atoms with Crippen LogP contribution in [0.15, 0.2) is 44.6 Å². The van der Waals surface area contributed by atoms with Gasteiger partial charge in [-0.05, 0) is 80.0 Å². The van der Waals surface area contributed by atoms with E-state index >= 15 is 0 Å². The maximum atomic E-state index is 13.6. The van der Waals surface area contributed by atoms with Crippen LogP contribution >= 0.6 is 11.8 Å². The molecule has 7 rings (SSSR count). The third-order valence-electron chi connectivity index (χ3n) is 8.17. The van der Waals surface area contributed by atoms with Crippen LogP contribution in [0.25, 0.3) is 0 Å². The van der Waals surface area contributed by atoms with E-state index < -0.39 is 0 Å². The molecule has 5 fully saturated rings. The Kier molecular flexibility index (Phi) is 6.78. The minimum absolute atomic E-state index is 0.0769. The lowest BCUT2D eigenvalue weighted by atomic mass is 9.53. The van der Waals surface area contributed by atoms with Crippen molar-refractivity contribution in [3.63, 3.8) is 0 Å². The average Bonchev–Trinajstić information content (AvgIpc) is 3.24. The second-order valence-corrected chi connectivity index (χ2v) is 12.0. The highest BCUT2D eigenvalue weighted by Gasteiger charge is 2.52. The zero-order valence-corrected chi connectivity index (χ0v) is 21.1. The fourth-order valence-corrected chi connectivity index (χ4v) is 7.98. The summed E-state index contributed by atoms with van der Waals surface area (Å²) in [5, 5.41) is 7.63. The molecule has 4 aliphatic carbocycles. The summed E-state index contributed by atoms with van der Waals surface area (Å²) >= 11 is 1.49. The number of benzene rings is 1. The summed E-state index contributed by atoms with van der Waals surface area (Å²) in [5.74, 6) is 2.83. The molecule has 0 unspecified atom stereocenters. The predicted molar refractivity (Wildman–Crippen MR) is 133 cm³/mol. The molecular weight excluding hydrogens is 462 g/mol. The van der Waals surface area contributed by atoms with Gasteiger partial charge in [-0.25, -0.2) is 0 Å². The number of amides is 1. The van der Waals surface area contributed by atoms with E-state index in [0.717, 1.165) is 81.2 Å². The largest absolute Gasteiger partial charge is 0.475 e. The van der Waals surface area contributed by atoms with E-state index in [-0.39, 0.29) is 17.2 Å². The molecule has 2 heterocycles. The molecule has 0 spiro atoms. The van der Waals surface area contributed by atoms with E-state index in [1.54, 1.807) is 0 Å². The van der Waals surface area contributed by atoms with Crippen molar-refractivity contribution < 1.29 is 18.8 Å². The molecule has 7 nitrogen and oxygen atoms in total. The van der Waals surface area contributed by atoms with Gasteiger partial charge in [0.05, 0.1) is 19.8 Å². The molecule has 1 N–H and O–H groups in total. The van der Waals surface area contributed by atoms with E-state index in [2.05, 4.69) is 15.4 Å². The van der Waals surface area contributed by atoms with Crippen LogP contribution in [0.4, 0.5) is 0 Å². The fourth-order valence-electron chi connectivity index (χ4n) is 7.04. The fraction of sp³-hybridized carbons (Fsp3) is 0.630. The number of carbonyl (C=O) groups excluding carboxylic acids is 1. The van der Waals surface area contributed by atoms with Crippen molar-refractivity contribution in [2.75, 3.05) is 39.5 Å². The Bertz CT molecular complexity index is 985. The summed E-state index contributed by atoms with van der Waals surface area (Å²) in [7, 11) is 0. The minimum atomic E-state index is -0.152. The highest BCUT2D eigenvalue weighted by Crippen LogP contribution is 2.55. The molecule has 0 atom stereocenters. The van der Waals surface area contributed by atoms with Crippen molar-refractivity contribution in [3.8, 4) is 5.88 Å². The number of carbonyl (C=O) groups is 1. The molecule has 1 aromatic carbocycles. The van der Waals surface area contributed by atoms with E-state index in [1.165, 1.54) is 31.0 Å². The van der Waals surface area contributed by atoms with Crippen LogP contribution in [0, 0.1) is 17.8 Å². The Labute approximate surface area is 211 Å². The van der Waals surface area contributed by atoms with Crippen molar-refractivity contribution >= 4 is 17.7 Å². The smallest absolute Gasteiger partial charge is 0.291 e. The number of hydrogen-bond acceptors (Lipinski definition) is 7. The van der Waals surface area contributed by atoms with Crippen LogP contribution in [0.1, 0.15) is 55.5 Å². The second-order valence-electron chi connectivity index (χ2n) is 10.9. The Morgan fingerprint density at radius 2 is 1.77 bits per heavy atom. The van der Waals surface area contributed by atoms with Gasteiger partial charge in [-0.15, -0.1) is 0 Å². The van der Waals surface area contributed by atoms with Crippen LogP contribution in [0.3, 0.4) is 0 Å². The summed E-state index contributed by atoms with van der Waals surface area (Å²) in [4.78, 5) is 17.6. The molecule has 1 aromatic heterocycles. The van der Waals surface area contributed by atoms with Crippen LogP contribution < -0.4 is 10.1 Å². The normalized spacial score (nSPS) is 29.9. The van der Waals surface area contributed by atoms with Crippen molar-refractivity contribution in [2.24, 2.45) is 17.8 Å². The van der Waals surface area contributed by atoms with Crippen molar-refractivity contribution in [1.82, 2.24) is 15.4 Å². The molecular formula is C27H35N3O4S. The van der Waals surface area contributed by atoms with Gasteiger partial charge in [0.1, 0.15) is 4.90 Å². The summed E-state index contributed by atoms with van der Waals surface area (Å²) in [5.41, 5.74) is -0.0769. The minimum Gasteiger partial charge on any atom is -0.475 e. The quantitative estimate of drug-likeness (QED) is 0.507. The highest BCUT2D eigenvalue weighted by molar-refractivity contribution is 7.99. The van der Waals surface area contributed by atoms with E-state index in [0.29, 0.717) is 17.4 Å². The van der Waals surface area contributed by atoms with Gasteiger partial charge in [0, 0.05) is 30.1 Å². The lowest BCUT2D eigenvalue weighted by Crippen LogP contribution is -2.59. The number of rotatable bonds is 9. The molecule has 8 heteroatoms. The van der Waals surface area contributed by atoms with Crippen molar-refractivity contribution in [1.29, 1.82) is 0 Å². The lowest BCUT2D eigenvalue weighted by Gasteiger charge is -2.56. The molecule has 188 valence electrons. The molecule has 1 amide bonds. The van der Waals surface area contributed by atoms with E-state index in [4.69, 9.17) is 14.0 Å². The zero-order chi connectivity index (χ0) is 23.7. The third kappa shape index (κ3) is 5.25. The first-order valence-corrected chi connectivity index (χ1v) is 14.0. The highest BCUT2D eigenvalue weighted by atomic mass is 32.2. The standard InChI is InChI=1S/C27H35N3O4S/c31-25(28-27-16-19-13-20(17-27)15-21(14-19)18-27)23-24(35-22-5-2-1-3-6-22)26(29-34-23)33-10-4-7-30-8-11-32-12-9-30/h1-3,5-6,19-21H,4,7-18H2,(H,28,31). The monoisotopic (exact) mass is 497 g/mol. The predicted octanol–water partition coefficient (Wildman–Crippen LogP) is 4.63. The summed E-state index contributed by atoms with van der Waals surface area (Å²) in [6.07, 6.45) is 8.22. The lowest BCUT2D eigenvalue weighted by molar-refractivity contribution is -0.0173. The maximum Gasteiger partial charge on any atom is 0.291 e. The SMILES string of the molecule is O=C(NC12CC3CC(CC(C3)C1)C2)c1onc(OCCCN2CCOCC2)c1Sc1ccccc1. The van der Waals surface area contributed by atoms with Crippen LogP contribution in [-0.2, 0) is 4.74 Å². The van der Waals surface area contributed by atoms with Crippen molar-refractivity contribution in [3.05, 3.63) is 36.1 Å². The Balaban J connectivity index is 1.15. The van der Waals surface area contributed by atoms with Crippen molar-refractivity contribution in [2.45, 2.75) is 60.3 Å². The van der Waals surface area contributed by atoms with E-state index in [9.17, 15) is 4.79 Å². The first-order chi connectivity index (χ1) is 17.2. The number of hydrogen-bond donors (Lipinski definition) is 1. The number of nitrogens with one attached hydrogen (secondary N) is 1. The third-order valence-corrected chi connectivity index (χ3v) is 9.24. The number of ether oxygens (including phenoxy) is 2. The summed E-state index contributed by atoms with van der Waals surface area (Å²) in [6.45, 7) is 5.01.